The standard InChI is InChI=1S/C36H38N4O3/c1-26-4-7-30(36(42)38-32-14-16-33(17-15-32)40-20-22-43-23-21-40)24-34(26)28-8-10-29(11-9-28)35(41)37-31-12-5-27(6-13-31)25-39-18-2-3-19-39/h4-17,24H,2-3,18-23,25H2,1H3,(H,37,41)(H,38,42). The average molecular weight is 575 g/mol. The summed E-state index contributed by atoms with van der Waals surface area (Å²) >= 11 is 0. The van der Waals surface area contributed by atoms with Gasteiger partial charge in [-0.1, -0.05) is 30.3 Å². The van der Waals surface area contributed by atoms with Crippen LogP contribution in [0, 0.1) is 6.92 Å². The van der Waals surface area contributed by atoms with Crippen molar-refractivity contribution in [3.8, 4) is 11.1 Å². The third-order valence-corrected chi connectivity index (χ3v) is 8.28. The molecule has 4 aromatic carbocycles. The Balaban J connectivity index is 1.08. The molecule has 0 saturated carbocycles. The number of benzene rings is 4. The summed E-state index contributed by atoms with van der Waals surface area (Å²) < 4.78 is 5.44. The molecule has 4 aromatic rings. The Morgan fingerprint density at radius 1 is 0.698 bits per heavy atom. The zero-order chi connectivity index (χ0) is 29.6. The molecule has 220 valence electrons. The highest BCUT2D eigenvalue weighted by molar-refractivity contribution is 6.06. The molecule has 2 aliphatic rings. The van der Waals surface area contributed by atoms with Gasteiger partial charge in [-0.15, -0.1) is 0 Å². The molecule has 43 heavy (non-hydrogen) atoms. The van der Waals surface area contributed by atoms with Crippen LogP contribution in [0.3, 0.4) is 0 Å². The van der Waals surface area contributed by atoms with E-state index in [1.165, 1.54) is 18.4 Å². The first-order chi connectivity index (χ1) is 21.0. The first-order valence-electron chi connectivity index (χ1n) is 15.1. The number of nitrogens with one attached hydrogen (secondary N) is 2. The third kappa shape index (κ3) is 7.13. The van der Waals surface area contributed by atoms with Gasteiger partial charge in [0.25, 0.3) is 11.8 Å². The van der Waals surface area contributed by atoms with E-state index < -0.39 is 0 Å². The summed E-state index contributed by atoms with van der Waals surface area (Å²) in [5.74, 6) is -0.314. The molecule has 7 nitrogen and oxygen atoms in total. The lowest BCUT2D eigenvalue weighted by Crippen LogP contribution is -2.36. The van der Waals surface area contributed by atoms with Crippen molar-refractivity contribution in [2.45, 2.75) is 26.3 Å². The van der Waals surface area contributed by atoms with Crippen molar-refractivity contribution in [3.05, 3.63) is 113 Å². The Labute approximate surface area is 253 Å². The van der Waals surface area contributed by atoms with Crippen LogP contribution in [0.4, 0.5) is 17.1 Å². The smallest absolute Gasteiger partial charge is 0.255 e. The molecule has 0 atom stereocenters. The van der Waals surface area contributed by atoms with Gasteiger partial charge in [-0.2, -0.15) is 0 Å². The maximum atomic E-state index is 13.1. The van der Waals surface area contributed by atoms with Crippen molar-refractivity contribution < 1.29 is 14.3 Å². The van der Waals surface area contributed by atoms with E-state index in [1.54, 1.807) is 0 Å². The van der Waals surface area contributed by atoms with E-state index in [0.29, 0.717) is 11.1 Å². The van der Waals surface area contributed by atoms with Gasteiger partial charge in [-0.25, -0.2) is 0 Å². The van der Waals surface area contributed by atoms with E-state index in [2.05, 4.69) is 32.6 Å². The summed E-state index contributed by atoms with van der Waals surface area (Å²) in [6, 6.07) is 29.3. The van der Waals surface area contributed by atoms with Gasteiger partial charge in [0, 0.05) is 47.8 Å². The summed E-state index contributed by atoms with van der Waals surface area (Å²) in [5.41, 5.74) is 8.03. The van der Waals surface area contributed by atoms with Crippen molar-refractivity contribution in [2.24, 2.45) is 0 Å². The zero-order valence-corrected chi connectivity index (χ0v) is 24.6. The molecule has 0 spiro atoms. The van der Waals surface area contributed by atoms with Crippen LogP contribution in [0.15, 0.2) is 91.0 Å². The monoisotopic (exact) mass is 574 g/mol. The van der Waals surface area contributed by atoms with Crippen molar-refractivity contribution >= 4 is 28.9 Å². The summed E-state index contributed by atoms with van der Waals surface area (Å²) in [4.78, 5) is 30.8. The molecule has 0 aliphatic carbocycles. The second-order valence-corrected chi connectivity index (χ2v) is 11.3. The molecule has 0 aromatic heterocycles. The topological polar surface area (TPSA) is 73.9 Å². The lowest BCUT2D eigenvalue weighted by molar-refractivity contribution is 0.101. The average Bonchev–Trinajstić information content (AvgIpc) is 3.56. The number of carbonyl (C=O) groups is 2. The van der Waals surface area contributed by atoms with Crippen LogP contribution in [0.25, 0.3) is 11.1 Å². The van der Waals surface area contributed by atoms with E-state index in [9.17, 15) is 9.59 Å². The number of ether oxygens (including phenoxy) is 1. The van der Waals surface area contributed by atoms with Crippen molar-refractivity contribution in [2.75, 3.05) is 54.9 Å². The zero-order valence-electron chi connectivity index (χ0n) is 24.6. The Kier molecular flexibility index (Phi) is 8.82. The number of aryl methyl sites for hydroxylation is 1. The number of likely N-dealkylation sites (tertiary alicyclic amines) is 1. The largest absolute Gasteiger partial charge is 0.378 e. The minimum absolute atomic E-state index is 0.150. The van der Waals surface area contributed by atoms with Gasteiger partial charge in [-0.05, 0) is 116 Å². The van der Waals surface area contributed by atoms with Crippen LogP contribution in [-0.2, 0) is 11.3 Å². The second-order valence-electron chi connectivity index (χ2n) is 11.3. The van der Waals surface area contributed by atoms with Gasteiger partial charge in [0.15, 0.2) is 0 Å². The normalized spacial score (nSPS) is 15.3. The van der Waals surface area contributed by atoms with Crippen molar-refractivity contribution in [1.29, 1.82) is 0 Å². The molecule has 0 unspecified atom stereocenters. The maximum absolute atomic E-state index is 13.1. The van der Waals surface area contributed by atoms with E-state index in [0.717, 1.165) is 79.7 Å². The van der Waals surface area contributed by atoms with Crippen LogP contribution < -0.4 is 15.5 Å². The quantitative estimate of drug-likeness (QED) is 0.248. The Bertz CT molecular complexity index is 1550. The Morgan fingerprint density at radius 2 is 1.28 bits per heavy atom. The first kappa shape index (κ1) is 28.6. The molecule has 0 bridgehead atoms. The molecule has 0 radical (unpaired) electrons. The Hall–Kier alpha value is -4.46. The summed E-state index contributed by atoms with van der Waals surface area (Å²) in [5, 5.41) is 6.02. The van der Waals surface area contributed by atoms with E-state index >= 15 is 0 Å². The summed E-state index contributed by atoms with van der Waals surface area (Å²) in [6.07, 6.45) is 2.55. The number of hydrogen-bond acceptors (Lipinski definition) is 5. The molecule has 7 heteroatoms. The van der Waals surface area contributed by atoms with Gasteiger partial charge < -0.3 is 20.3 Å². The number of morpholine rings is 1. The van der Waals surface area contributed by atoms with Gasteiger partial charge in [0.05, 0.1) is 13.2 Å². The van der Waals surface area contributed by atoms with Crippen LogP contribution >= 0.6 is 0 Å². The molecule has 2 fully saturated rings. The van der Waals surface area contributed by atoms with Gasteiger partial charge in [-0.3, -0.25) is 14.5 Å². The molecule has 6 rings (SSSR count). The van der Waals surface area contributed by atoms with E-state index in [-0.39, 0.29) is 11.8 Å². The number of rotatable bonds is 8. The number of amides is 2. The number of carbonyl (C=O) groups excluding carboxylic acids is 2. The summed E-state index contributed by atoms with van der Waals surface area (Å²) in [7, 11) is 0. The highest BCUT2D eigenvalue weighted by Crippen LogP contribution is 2.27. The third-order valence-electron chi connectivity index (χ3n) is 8.28. The number of nitrogens with zero attached hydrogens (tertiary/aromatic N) is 2. The SMILES string of the molecule is Cc1ccc(C(=O)Nc2ccc(N3CCOCC3)cc2)cc1-c1ccc(C(=O)Nc2ccc(CN3CCCC3)cc2)cc1. The molecule has 2 saturated heterocycles. The maximum Gasteiger partial charge on any atom is 0.255 e. The highest BCUT2D eigenvalue weighted by atomic mass is 16.5. The van der Waals surface area contributed by atoms with Crippen LogP contribution in [0.1, 0.15) is 44.7 Å². The van der Waals surface area contributed by atoms with Gasteiger partial charge in [0.1, 0.15) is 0 Å². The fourth-order valence-corrected chi connectivity index (χ4v) is 5.75. The highest BCUT2D eigenvalue weighted by Gasteiger charge is 2.15. The van der Waals surface area contributed by atoms with Crippen molar-refractivity contribution in [1.82, 2.24) is 4.90 Å². The van der Waals surface area contributed by atoms with Gasteiger partial charge >= 0.3 is 0 Å². The molecule has 2 aliphatic heterocycles. The predicted molar refractivity (Wildman–Crippen MR) is 173 cm³/mol. The van der Waals surface area contributed by atoms with Crippen LogP contribution in [0.5, 0.6) is 0 Å². The number of hydrogen-bond donors (Lipinski definition) is 2. The molecular formula is C36H38N4O3. The predicted octanol–water partition coefficient (Wildman–Crippen LogP) is 6.60. The first-order valence-corrected chi connectivity index (χ1v) is 15.1. The van der Waals surface area contributed by atoms with E-state index in [1.807, 2.05) is 85.8 Å². The molecular weight excluding hydrogens is 536 g/mol. The number of anilines is 3. The minimum atomic E-state index is -0.164. The minimum Gasteiger partial charge on any atom is -0.378 e. The fraction of sp³-hybridized carbons (Fsp3) is 0.278. The lowest BCUT2D eigenvalue weighted by atomic mass is 9.97. The fourth-order valence-electron chi connectivity index (χ4n) is 5.75. The van der Waals surface area contributed by atoms with Crippen LogP contribution in [-0.4, -0.2) is 56.1 Å². The second kappa shape index (κ2) is 13.2. The van der Waals surface area contributed by atoms with Crippen LogP contribution in [0.2, 0.25) is 0 Å². The molecule has 2 heterocycles. The van der Waals surface area contributed by atoms with Gasteiger partial charge in [0.2, 0.25) is 0 Å². The summed E-state index contributed by atoms with van der Waals surface area (Å²) in [6.45, 7) is 8.52. The van der Waals surface area contributed by atoms with E-state index in [4.69, 9.17) is 4.74 Å². The van der Waals surface area contributed by atoms with Crippen molar-refractivity contribution in [3.63, 3.8) is 0 Å². The lowest BCUT2D eigenvalue weighted by Gasteiger charge is -2.28. The Morgan fingerprint density at radius 3 is 1.93 bits per heavy atom. The molecule has 2 amide bonds. The molecule has 2 N–H and O–H groups in total.